The van der Waals surface area contributed by atoms with Crippen LogP contribution in [0.25, 0.3) is 0 Å². The minimum atomic E-state index is -0.472. The Hall–Kier alpha value is -2.54. The van der Waals surface area contributed by atoms with Gasteiger partial charge in [-0.15, -0.1) is 0 Å². The molecule has 0 unspecified atom stereocenters. The molecule has 0 heterocycles. The number of benzene rings is 2. The molecule has 0 aliphatic carbocycles. The van der Waals surface area contributed by atoms with E-state index in [0.29, 0.717) is 29.6 Å². The maximum absolute atomic E-state index is 12.5. The number of carbonyl (C=O) groups excluding carboxylic acids is 2. The number of amides is 2. The summed E-state index contributed by atoms with van der Waals surface area (Å²) in [6.07, 6.45) is 0. The van der Waals surface area contributed by atoms with Crippen molar-refractivity contribution in [1.82, 2.24) is 10.9 Å². The van der Waals surface area contributed by atoms with Crippen molar-refractivity contribution in [3.8, 4) is 11.5 Å². The van der Waals surface area contributed by atoms with Crippen molar-refractivity contribution in [2.24, 2.45) is 5.92 Å². The lowest BCUT2D eigenvalue weighted by atomic mass is 10.1. The average Bonchev–Trinajstić information content (AvgIpc) is 2.64. The fraction of sp³-hybridized carbons (Fsp3) is 0.333. The molecule has 0 atom stereocenters. The Kier molecular flexibility index (Phi) is 7.87. The van der Waals surface area contributed by atoms with Gasteiger partial charge in [0, 0.05) is 4.47 Å². The number of ether oxygens (including phenoxy) is 2. The second-order valence-corrected chi connectivity index (χ2v) is 7.77. The molecule has 0 fully saturated rings. The minimum Gasteiger partial charge on any atom is -0.492 e. The van der Waals surface area contributed by atoms with E-state index in [4.69, 9.17) is 9.47 Å². The monoisotopic (exact) mass is 448 g/mol. The van der Waals surface area contributed by atoms with Crippen LogP contribution < -0.4 is 20.3 Å². The van der Waals surface area contributed by atoms with Gasteiger partial charge in [0.2, 0.25) is 0 Å². The number of hydrazine groups is 1. The Morgan fingerprint density at radius 2 is 1.71 bits per heavy atom. The van der Waals surface area contributed by atoms with E-state index in [-0.39, 0.29) is 6.61 Å². The second-order valence-electron chi connectivity index (χ2n) is 6.86. The number of nitrogens with one attached hydrogen (secondary N) is 2. The van der Waals surface area contributed by atoms with Crippen LogP contribution in [0.3, 0.4) is 0 Å². The highest BCUT2D eigenvalue weighted by Gasteiger charge is 2.15. The van der Waals surface area contributed by atoms with Crippen molar-refractivity contribution in [3.63, 3.8) is 0 Å². The van der Waals surface area contributed by atoms with Gasteiger partial charge in [0.05, 0.1) is 12.2 Å². The van der Waals surface area contributed by atoms with E-state index in [9.17, 15) is 9.59 Å². The molecular weight excluding hydrogens is 424 g/mol. The first-order valence-corrected chi connectivity index (χ1v) is 9.77. The van der Waals surface area contributed by atoms with Gasteiger partial charge >= 0.3 is 0 Å². The Balaban J connectivity index is 1.94. The van der Waals surface area contributed by atoms with Crippen LogP contribution in [0.5, 0.6) is 11.5 Å². The summed E-state index contributed by atoms with van der Waals surface area (Å²) in [7, 11) is 0. The number of para-hydroxylation sites is 1. The number of halogens is 1. The Labute approximate surface area is 173 Å². The number of hydrogen-bond donors (Lipinski definition) is 2. The molecule has 2 amide bonds. The predicted molar refractivity (Wildman–Crippen MR) is 111 cm³/mol. The van der Waals surface area contributed by atoms with Crippen LogP contribution in [-0.2, 0) is 4.79 Å². The van der Waals surface area contributed by atoms with E-state index in [1.807, 2.05) is 45.9 Å². The van der Waals surface area contributed by atoms with Crippen molar-refractivity contribution < 1.29 is 19.1 Å². The van der Waals surface area contributed by atoms with Crippen LogP contribution in [0.2, 0.25) is 0 Å². The van der Waals surface area contributed by atoms with Gasteiger partial charge in [-0.3, -0.25) is 20.4 Å². The topological polar surface area (TPSA) is 76.7 Å². The number of carbonyl (C=O) groups is 2. The van der Waals surface area contributed by atoms with Gasteiger partial charge in [-0.25, -0.2) is 0 Å². The van der Waals surface area contributed by atoms with Gasteiger partial charge in [-0.1, -0.05) is 48.0 Å². The molecule has 2 N–H and O–H groups in total. The Bertz CT molecular complexity index is 832. The molecular formula is C21H25BrN2O4. The quantitative estimate of drug-likeness (QED) is 0.628. The fourth-order valence-corrected chi connectivity index (χ4v) is 2.82. The molecule has 2 aromatic rings. The predicted octanol–water partition coefficient (Wildman–Crippen LogP) is 3.94. The molecule has 150 valence electrons. The highest BCUT2D eigenvalue weighted by Crippen LogP contribution is 2.24. The van der Waals surface area contributed by atoms with Crippen molar-refractivity contribution >= 4 is 27.7 Å². The largest absolute Gasteiger partial charge is 0.492 e. The lowest BCUT2D eigenvalue weighted by Crippen LogP contribution is -2.44. The molecule has 28 heavy (non-hydrogen) atoms. The van der Waals surface area contributed by atoms with Crippen LogP contribution in [0, 0.1) is 19.8 Å². The Morgan fingerprint density at radius 3 is 2.36 bits per heavy atom. The van der Waals surface area contributed by atoms with E-state index < -0.39 is 11.8 Å². The molecule has 0 spiro atoms. The summed E-state index contributed by atoms with van der Waals surface area (Å²) in [5.41, 5.74) is 6.98. The SMILES string of the molecule is Cc1cccc(C)c1OCC(=O)NNC(=O)c1cc(Br)ccc1OCC(C)C. The summed E-state index contributed by atoms with van der Waals surface area (Å²) >= 11 is 3.35. The molecule has 0 aliphatic rings. The highest BCUT2D eigenvalue weighted by atomic mass is 79.9. The van der Waals surface area contributed by atoms with E-state index in [1.165, 1.54) is 0 Å². The fourth-order valence-electron chi connectivity index (χ4n) is 2.46. The summed E-state index contributed by atoms with van der Waals surface area (Å²) in [5.74, 6) is 0.508. The summed E-state index contributed by atoms with van der Waals surface area (Å²) in [4.78, 5) is 24.5. The van der Waals surface area contributed by atoms with Crippen molar-refractivity contribution in [2.75, 3.05) is 13.2 Å². The van der Waals surface area contributed by atoms with Crippen molar-refractivity contribution in [3.05, 3.63) is 57.6 Å². The molecule has 0 aromatic heterocycles. The molecule has 0 bridgehead atoms. The smallest absolute Gasteiger partial charge is 0.276 e. The van der Waals surface area contributed by atoms with E-state index in [0.717, 1.165) is 15.6 Å². The van der Waals surface area contributed by atoms with Gasteiger partial charge in [0.15, 0.2) is 6.61 Å². The normalized spacial score (nSPS) is 10.5. The number of rotatable bonds is 7. The van der Waals surface area contributed by atoms with Gasteiger partial charge in [0.25, 0.3) is 11.8 Å². The third-order valence-corrected chi connectivity index (χ3v) is 4.32. The average molecular weight is 449 g/mol. The molecule has 0 aliphatic heterocycles. The number of hydrogen-bond acceptors (Lipinski definition) is 4. The maximum atomic E-state index is 12.5. The first kappa shape index (κ1) is 21.8. The molecule has 2 aromatic carbocycles. The third kappa shape index (κ3) is 6.27. The molecule has 6 nitrogen and oxygen atoms in total. The van der Waals surface area contributed by atoms with E-state index in [2.05, 4.69) is 26.8 Å². The zero-order valence-electron chi connectivity index (χ0n) is 16.5. The minimum absolute atomic E-state index is 0.207. The molecule has 7 heteroatoms. The standard InChI is InChI=1S/C21H25BrN2O4/c1-13(2)11-27-18-9-8-16(22)10-17(18)21(26)24-23-19(25)12-28-20-14(3)6-5-7-15(20)4/h5-10,13H,11-12H2,1-4H3,(H,23,25)(H,24,26). The van der Waals surface area contributed by atoms with Crippen LogP contribution in [0.4, 0.5) is 0 Å². The highest BCUT2D eigenvalue weighted by molar-refractivity contribution is 9.10. The summed E-state index contributed by atoms with van der Waals surface area (Å²) in [6, 6.07) is 10.9. The van der Waals surface area contributed by atoms with Crippen LogP contribution in [0.1, 0.15) is 35.3 Å². The maximum Gasteiger partial charge on any atom is 0.276 e. The van der Waals surface area contributed by atoms with E-state index >= 15 is 0 Å². The molecule has 0 saturated carbocycles. The van der Waals surface area contributed by atoms with Gasteiger partial charge in [-0.05, 0) is 49.1 Å². The second kappa shape index (κ2) is 10.1. The van der Waals surface area contributed by atoms with E-state index in [1.54, 1.807) is 18.2 Å². The van der Waals surface area contributed by atoms with Crippen molar-refractivity contribution in [1.29, 1.82) is 0 Å². The summed E-state index contributed by atoms with van der Waals surface area (Å²) in [5, 5.41) is 0. The Morgan fingerprint density at radius 1 is 1.04 bits per heavy atom. The summed E-state index contributed by atoms with van der Waals surface area (Å²) < 4.78 is 12.0. The van der Waals surface area contributed by atoms with Crippen LogP contribution in [-0.4, -0.2) is 25.0 Å². The lowest BCUT2D eigenvalue weighted by Gasteiger charge is -2.15. The molecule has 2 rings (SSSR count). The van der Waals surface area contributed by atoms with Crippen LogP contribution in [0.15, 0.2) is 40.9 Å². The lowest BCUT2D eigenvalue weighted by molar-refractivity contribution is -0.123. The van der Waals surface area contributed by atoms with Crippen molar-refractivity contribution in [2.45, 2.75) is 27.7 Å². The van der Waals surface area contributed by atoms with Gasteiger partial charge in [-0.2, -0.15) is 0 Å². The molecule has 0 radical (unpaired) electrons. The molecule has 0 saturated heterocycles. The number of aryl methyl sites for hydroxylation is 2. The van der Waals surface area contributed by atoms with Crippen LogP contribution >= 0.6 is 15.9 Å². The van der Waals surface area contributed by atoms with Gasteiger partial charge in [0.1, 0.15) is 11.5 Å². The zero-order chi connectivity index (χ0) is 20.7. The zero-order valence-corrected chi connectivity index (χ0v) is 18.1. The first-order valence-electron chi connectivity index (χ1n) is 8.98. The summed E-state index contributed by atoms with van der Waals surface area (Å²) in [6.45, 7) is 8.14. The van der Waals surface area contributed by atoms with Gasteiger partial charge < -0.3 is 9.47 Å². The third-order valence-electron chi connectivity index (χ3n) is 3.83. The first-order chi connectivity index (χ1) is 13.3.